The highest BCUT2D eigenvalue weighted by Crippen LogP contribution is 2.38. The van der Waals surface area contributed by atoms with Gasteiger partial charge in [0.1, 0.15) is 10.9 Å². The molecule has 8 heteroatoms. The lowest BCUT2D eigenvalue weighted by atomic mass is 10.1. The van der Waals surface area contributed by atoms with Gasteiger partial charge in [0.05, 0.1) is 15.1 Å². The fraction of sp³-hybridized carbons (Fsp3) is 0.273. The van der Waals surface area contributed by atoms with Crippen LogP contribution in [0.1, 0.15) is 31.4 Å². The fourth-order valence-electron chi connectivity index (χ4n) is 2.91. The Morgan fingerprint density at radius 3 is 2.70 bits per heavy atom. The fourth-order valence-corrected chi connectivity index (χ4v) is 5.19. The molecule has 0 aliphatic carbocycles. The first-order chi connectivity index (χ1) is 14.4. The average molecular weight is 574 g/mol. The molecule has 1 heterocycles. The van der Waals surface area contributed by atoms with E-state index >= 15 is 0 Å². The summed E-state index contributed by atoms with van der Waals surface area (Å²) in [6, 6.07) is 11.4. The molecule has 0 saturated carbocycles. The van der Waals surface area contributed by atoms with E-state index < -0.39 is 0 Å². The van der Waals surface area contributed by atoms with Crippen LogP contribution in [0.2, 0.25) is 5.02 Å². The van der Waals surface area contributed by atoms with Gasteiger partial charge in [-0.15, -0.1) is 0 Å². The smallest absolute Gasteiger partial charge is 0.266 e. The van der Waals surface area contributed by atoms with Gasteiger partial charge in [-0.05, 0) is 65.8 Å². The van der Waals surface area contributed by atoms with Crippen LogP contribution in [-0.4, -0.2) is 28.3 Å². The Labute approximate surface area is 205 Å². The molecule has 0 bridgehead atoms. The van der Waals surface area contributed by atoms with Gasteiger partial charge >= 0.3 is 0 Å². The summed E-state index contributed by atoms with van der Waals surface area (Å²) in [5.74, 6) is 1.25. The first-order valence-corrected chi connectivity index (χ1v) is 12.2. The van der Waals surface area contributed by atoms with Crippen LogP contribution < -0.4 is 9.47 Å². The van der Waals surface area contributed by atoms with Crippen molar-refractivity contribution in [2.24, 2.45) is 0 Å². The van der Waals surface area contributed by atoms with Crippen LogP contribution in [-0.2, 0) is 11.4 Å². The molecule has 0 radical (unpaired) electrons. The van der Waals surface area contributed by atoms with E-state index in [-0.39, 0.29) is 5.91 Å². The number of thiocarbonyl (C=S) groups is 1. The van der Waals surface area contributed by atoms with Gasteiger partial charge in [-0.2, -0.15) is 0 Å². The predicted molar refractivity (Wildman–Crippen MR) is 136 cm³/mol. The number of hydrogen-bond acceptors (Lipinski definition) is 5. The molecule has 0 unspecified atom stereocenters. The number of carbonyl (C=O) groups excluding carboxylic acids is 1. The number of thioether (sulfide) groups is 1. The first kappa shape index (κ1) is 23.4. The standard InChI is InChI=1S/C22H21ClINO3S2/c1-3-9-25-21(26)19(30-22(25)29)12-14-10-17(24)20(18(11-14)27-4-2)28-13-15-7-5-6-8-16(15)23/h5-8,10-12H,3-4,9,13H2,1-2H3/b19-12-. The summed E-state index contributed by atoms with van der Waals surface area (Å²) in [5.41, 5.74) is 1.77. The SMILES string of the molecule is CCCN1C(=O)/C(=C/c2cc(I)c(OCc3ccccc3Cl)c(OCC)c2)SC1=S. The summed E-state index contributed by atoms with van der Waals surface area (Å²) in [6.07, 6.45) is 2.72. The van der Waals surface area contributed by atoms with Gasteiger partial charge in [-0.1, -0.05) is 60.7 Å². The van der Waals surface area contributed by atoms with Crippen molar-refractivity contribution < 1.29 is 14.3 Å². The van der Waals surface area contributed by atoms with Crippen molar-refractivity contribution in [1.29, 1.82) is 0 Å². The highest BCUT2D eigenvalue weighted by Gasteiger charge is 2.31. The number of ether oxygens (including phenoxy) is 2. The maximum Gasteiger partial charge on any atom is 0.266 e. The Hall–Kier alpha value is -1.29. The summed E-state index contributed by atoms with van der Waals surface area (Å²) in [4.78, 5) is 14.9. The zero-order valence-corrected chi connectivity index (χ0v) is 21.2. The third kappa shape index (κ3) is 5.49. The minimum absolute atomic E-state index is 0.0427. The van der Waals surface area contributed by atoms with Crippen molar-refractivity contribution in [1.82, 2.24) is 4.90 Å². The monoisotopic (exact) mass is 573 g/mol. The maximum atomic E-state index is 12.6. The first-order valence-electron chi connectivity index (χ1n) is 9.52. The van der Waals surface area contributed by atoms with E-state index in [4.69, 9.17) is 33.3 Å². The Bertz CT molecular complexity index is 996. The van der Waals surface area contributed by atoms with Crippen LogP contribution in [0, 0.1) is 3.57 Å². The van der Waals surface area contributed by atoms with E-state index in [1.807, 2.05) is 56.3 Å². The van der Waals surface area contributed by atoms with Gasteiger partial charge in [0.25, 0.3) is 5.91 Å². The van der Waals surface area contributed by atoms with Crippen LogP contribution in [0.25, 0.3) is 6.08 Å². The number of hydrogen-bond donors (Lipinski definition) is 0. The van der Waals surface area contributed by atoms with Gasteiger partial charge in [0.15, 0.2) is 11.5 Å². The van der Waals surface area contributed by atoms with Gasteiger partial charge in [0, 0.05) is 17.1 Å². The van der Waals surface area contributed by atoms with E-state index in [9.17, 15) is 4.79 Å². The van der Waals surface area contributed by atoms with E-state index in [1.165, 1.54) is 11.8 Å². The number of nitrogens with zero attached hydrogens (tertiary/aromatic N) is 1. The molecule has 0 N–H and O–H groups in total. The molecular weight excluding hydrogens is 553 g/mol. The van der Waals surface area contributed by atoms with Crippen LogP contribution in [0.5, 0.6) is 11.5 Å². The lowest BCUT2D eigenvalue weighted by molar-refractivity contribution is -0.122. The van der Waals surface area contributed by atoms with Crippen molar-refractivity contribution in [3.63, 3.8) is 0 Å². The van der Waals surface area contributed by atoms with Gasteiger partial charge in [-0.3, -0.25) is 9.69 Å². The molecule has 1 amide bonds. The molecule has 0 atom stereocenters. The maximum absolute atomic E-state index is 12.6. The minimum Gasteiger partial charge on any atom is -0.490 e. The van der Waals surface area contributed by atoms with Crippen LogP contribution in [0.3, 0.4) is 0 Å². The lowest BCUT2D eigenvalue weighted by Gasteiger charge is -2.15. The van der Waals surface area contributed by atoms with Crippen molar-refractivity contribution in [3.8, 4) is 11.5 Å². The van der Waals surface area contributed by atoms with Gasteiger partial charge < -0.3 is 9.47 Å². The second-order valence-electron chi connectivity index (χ2n) is 6.48. The molecule has 0 aromatic heterocycles. The van der Waals surface area contributed by atoms with Crippen LogP contribution >= 0.6 is 58.2 Å². The van der Waals surface area contributed by atoms with Crippen molar-refractivity contribution in [3.05, 3.63) is 61.0 Å². The third-order valence-electron chi connectivity index (χ3n) is 4.28. The zero-order chi connectivity index (χ0) is 21.7. The van der Waals surface area contributed by atoms with E-state index in [0.29, 0.717) is 45.5 Å². The minimum atomic E-state index is -0.0427. The summed E-state index contributed by atoms with van der Waals surface area (Å²) >= 11 is 15.1. The van der Waals surface area contributed by atoms with Crippen LogP contribution in [0.15, 0.2) is 41.3 Å². The van der Waals surface area contributed by atoms with Crippen LogP contribution in [0.4, 0.5) is 0 Å². The number of rotatable bonds is 8. The molecule has 3 rings (SSSR count). The lowest BCUT2D eigenvalue weighted by Crippen LogP contribution is -2.28. The Morgan fingerprint density at radius 1 is 1.23 bits per heavy atom. The molecule has 1 aliphatic heterocycles. The summed E-state index contributed by atoms with van der Waals surface area (Å²) < 4.78 is 13.4. The molecular formula is C22H21ClINO3S2. The highest BCUT2D eigenvalue weighted by molar-refractivity contribution is 14.1. The molecule has 2 aromatic rings. The molecule has 1 aliphatic rings. The third-order valence-corrected chi connectivity index (χ3v) is 6.83. The van der Waals surface area contributed by atoms with E-state index in [0.717, 1.165) is 21.1 Å². The van der Waals surface area contributed by atoms with E-state index in [2.05, 4.69) is 22.6 Å². The number of halogens is 2. The molecule has 1 fully saturated rings. The Kier molecular flexibility index (Phi) is 8.44. The van der Waals surface area contributed by atoms with Gasteiger partial charge in [-0.25, -0.2) is 0 Å². The largest absolute Gasteiger partial charge is 0.490 e. The second-order valence-corrected chi connectivity index (χ2v) is 9.72. The average Bonchev–Trinajstić information content (AvgIpc) is 2.96. The molecule has 1 saturated heterocycles. The molecule has 0 spiro atoms. The number of amides is 1. The topological polar surface area (TPSA) is 38.8 Å². The van der Waals surface area contributed by atoms with Crippen molar-refractivity contribution >= 4 is 74.5 Å². The highest BCUT2D eigenvalue weighted by atomic mass is 127. The molecule has 4 nitrogen and oxygen atoms in total. The summed E-state index contributed by atoms with van der Waals surface area (Å²) in [5, 5.41) is 0.663. The Morgan fingerprint density at radius 2 is 2.00 bits per heavy atom. The van der Waals surface area contributed by atoms with Gasteiger partial charge in [0.2, 0.25) is 0 Å². The van der Waals surface area contributed by atoms with E-state index in [1.54, 1.807) is 4.90 Å². The quantitative estimate of drug-likeness (QED) is 0.204. The number of benzene rings is 2. The molecule has 2 aromatic carbocycles. The Balaban J connectivity index is 1.87. The summed E-state index contributed by atoms with van der Waals surface area (Å²) in [7, 11) is 0. The summed E-state index contributed by atoms with van der Waals surface area (Å²) in [6.45, 7) is 5.43. The van der Waals surface area contributed by atoms with Crippen molar-refractivity contribution in [2.45, 2.75) is 26.9 Å². The molecule has 158 valence electrons. The normalized spacial score (nSPS) is 15.2. The molecule has 30 heavy (non-hydrogen) atoms. The van der Waals surface area contributed by atoms with Crippen molar-refractivity contribution in [2.75, 3.05) is 13.2 Å². The number of carbonyl (C=O) groups is 1. The predicted octanol–water partition coefficient (Wildman–Crippen LogP) is 6.53. The second kappa shape index (κ2) is 10.8. The zero-order valence-electron chi connectivity index (χ0n) is 16.6.